The van der Waals surface area contributed by atoms with Crippen molar-refractivity contribution in [1.29, 1.82) is 0 Å². The Kier molecular flexibility index (Phi) is 9.63. The molecule has 4 aromatic rings. The van der Waals surface area contributed by atoms with Crippen molar-refractivity contribution < 1.29 is 19.4 Å². The Morgan fingerprint density at radius 2 is 1.66 bits per heavy atom. The monoisotopic (exact) mass is 574 g/mol. The minimum atomic E-state index is -0.588. The first-order valence-corrected chi connectivity index (χ1v) is 14.6. The number of rotatable bonds is 10. The van der Waals surface area contributed by atoms with E-state index in [2.05, 4.69) is 33.1 Å². The zero-order chi connectivity index (χ0) is 28.6. The molecule has 1 aromatic heterocycles. The smallest absolute Gasteiger partial charge is 0.315 e. The van der Waals surface area contributed by atoms with E-state index in [4.69, 9.17) is 9.47 Å². The average Bonchev–Trinajstić information content (AvgIpc) is 3.49. The normalized spacial score (nSPS) is 20.5. The first kappa shape index (κ1) is 28.7. The van der Waals surface area contributed by atoms with Crippen molar-refractivity contribution in [3.8, 4) is 5.69 Å². The number of hydrogen-bond donors (Lipinski definition) is 3. The molecule has 5 rings (SSSR count). The molecule has 1 aliphatic rings. The number of aliphatic hydroxyl groups excluding tert-OH is 1. The molecule has 2 heterocycles. The van der Waals surface area contributed by atoms with Gasteiger partial charge in [0, 0.05) is 30.3 Å². The van der Waals surface area contributed by atoms with Gasteiger partial charge in [0.15, 0.2) is 6.29 Å². The van der Waals surface area contributed by atoms with Crippen molar-refractivity contribution in [2.75, 3.05) is 12.3 Å². The lowest BCUT2D eigenvalue weighted by molar-refractivity contribution is -0.268. The molecule has 1 aliphatic heterocycles. The molecule has 214 valence electrons. The molecule has 1 fully saturated rings. The van der Waals surface area contributed by atoms with Gasteiger partial charge in [-0.25, -0.2) is 4.79 Å². The maximum absolute atomic E-state index is 11.8. The number of aliphatic hydroxyl groups is 1. The van der Waals surface area contributed by atoms with Crippen LogP contribution in [-0.2, 0) is 22.6 Å². The zero-order valence-electron chi connectivity index (χ0n) is 23.0. The summed E-state index contributed by atoms with van der Waals surface area (Å²) in [5.74, 6) is 0.647. The van der Waals surface area contributed by atoms with Gasteiger partial charge in [-0.05, 0) is 46.2 Å². The van der Waals surface area contributed by atoms with Crippen LogP contribution in [0, 0.1) is 5.92 Å². The predicted octanol–water partition coefficient (Wildman–Crippen LogP) is 4.56. The standard InChI is InChI=1S/C30H34N6O4S/c1-3-31-29(38)32-17-21-9-15-24(16-10-21)28-39-26(20(2)27(40-28)23-13-11-22(18-37)12-14-23)19-41-30-33-34-35-36(30)25-7-5-4-6-8-25/h4-16,20,26-28,37H,3,17-19H2,1-2H3,(H2,31,32,38)/t20-,26+,27+,28+/m0/s1. The van der Waals surface area contributed by atoms with Crippen LogP contribution in [0.15, 0.2) is 84.0 Å². The summed E-state index contributed by atoms with van der Waals surface area (Å²) in [6.45, 7) is 4.99. The molecule has 41 heavy (non-hydrogen) atoms. The maximum Gasteiger partial charge on any atom is 0.315 e. The van der Waals surface area contributed by atoms with Gasteiger partial charge in [-0.3, -0.25) is 0 Å². The van der Waals surface area contributed by atoms with E-state index in [0.717, 1.165) is 27.9 Å². The van der Waals surface area contributed by atoms with Crippen molar-refractivity contribution in [3.05, 3.63) is 101 Å². The SMILES string of the molecule is CCNC(=O)NCc1ccc([C@@H]2O[C@H](CSc3nnnn3-c3ccccc3)[C@H](C)[C@H](c3ccc(CO)cc3)O2)cc1. The molecule has 11 heteroatoms. The van der Waals surface area contributed by atoms with E-state index in [0.29, 0.717) is 24.0 Å². The molecule has 4 atom stereocenters. The number of aromatic nitrogens is 4. The third-order valence-electron chi connectivity index (χ3n) is 6.98. The van der Waals surface area contributed by atoms with Crippen LogP contribution < -0.4 is 10.6 Å². The van der Waals surface area contributed by atoms with E-state index in [1.807, 2.05) is 85.8 Å². The Balaban J connectivity index is 1.34. The first-order chi connectivity index (χ1) is 20.1. The van der Waals surface area contributed by atoms with Gasteiger partial charge in [0.25, 0.3) is 0 Å². The number of carbonyl (C=O) groups is 1. The molecule has 2 amide bonds. The highest BCUT2D eigenvalue weighted by atomic mass is 32.2. The van der Waals surface area contributed by atoms with E-state index in [1.54, 1.807) is 16.4 Å². The Hall–Kier alpha value is -3.77. The molecular weight excluding hydrogens is 540 g/mol. The number of amides is 2. The Bertz CT molecular complexity index is 1400. The van der Waals surface area contributed by atoms with E-state index in [1.165, 1.54) is 0 Å². The fourth-order valence-electron chi connectivity index (χ4n) is 4.66. The molecule has 10 nitrogen and oxygen atoms in total. The lowest BCUT2D eigenvalue weighted by atomic mass is 9.91. The number of thioether (sulfide) groups is 1. The van der Waals surface area contributed by atoms with Crippen LogP contribution in [0.2, 0.25) is 0 Å². The van der Waals surface area contributed by atoms with Crippen molar-refractivity contribution >= 4 is 17.8 Å². The largest absolute Gasteiger partial charge is 0.392 e. The molecule has 0 bridgehead atoms. The third kappa shape index (κ3) is 7.12. The van der Waals surface area contributed by atoms with Crippen LogP contribution in [0.4, 0.5) is 4.79 Å². The fraction of sp³-hybridized carbons (Fsp3) is 0.333. The molecule has 3 N–H and O–H groups in total. The Morgan fingerprint density at radius 1 is 0.951 bits per heavy atom. The lowest BCUT2D eigenvalue weighted by Crippen LogP contribution is -2.38. The zero-order valence-corrected chi connectivity index (χ0v) is 23.8. The number of tetrazole rings is 1. The molecule has 0 spiro atoms. The summed E-state index contributed by atoms with van der Waals surface area (Å²) in [6.07, 6.45) is -0.979. The summed E-state index contributed by atoms with van der Waals surface area (Å²) >= 11 is 1.54. The van der Waals surface area contributed by atoms with Crippen LogP contribution >= 0.6 is 11.8 Å². The van der Waals surface area contributed by atoms with Crippen LogP contribution in [0.25, 0.3) is 5.69 Å². The summed E-state index contributed by atoms with van der Waals surface area (Å²) in [5, 5.41) is 28.1. The average molecular weight is 575 g/mol. The van der Waals surface area contributed by atoms with Gasteiger partial charge in [-0.15, -0.1) is 5.10 Å². The number of benzene rings is 3. The predicted molar refractivity (Wildman–Crippen MR) is 155 cm³/mol. The van der Waals surface area contributed by atoms with Crippen molar-refractivity contribution in [1.82, 2.24) is 30.8 Å². The highest BCUT2D eigenvalue weighted by Crippen LogP contribution is 2.43. The van der Waals surface area contributed by atoms with E-state index in [9.17, 15) is 9.90 Å². The number of carbonyl (C=O) groups excluding carboxylic acids is 1. The highest BCUT2D eigenvalue weighted by Gasteiger charge is 2.38. The third-order valence-corrected chi connectivity index (χ3v) is 7.99. The fourth-order valence-corrected chi connectivity index (χ4v) is 5.72. The Morgan fingerprint density at radius 3 is 2.37 bits per heavy atom. The second-order valence-electron chi connectivity index (χ2n) is 9.80. The summed E-state index contributed by atoms with van der Waals surface area (Å²) in [4.78, 5) is 11.8. The van der Waals surface area contributed by atoms with Crippen molar-refractivity contribution in [3.63, 3.8) is 0 Å². The van der Waals surface area contributed by atoms with E-state index >= 15 is 0 Å². The number of ether oxygens (including phenoxy) is 2. The molecular formula is C30H34N6O4S. The number of nitrogens with one attached hydrogen (secondary N) is 2. The first-order valence-electron chi connectivity index (χ1n) is 13.6. The molecule has 0 saturated carbocycles. The summed E-state index contributed by atoms with van der Waals surface area (Å²) in [5.41, 5.74) is 4.62. The molecule has 3 aromatic carbocycles. The summed E-state index contributed by atoms with van der Waals surface area (Å²) in [6, 6.07) is 25.3. The van der Waals surface area contributed by atoms with E-state index < -0.39 is 6.29 Å². The number of para-hydroxylation sites is 1. The lowest BCUT2D eigenvalue weighted by Gasteiger charge is -2.41. The van der Waals surface area contributed by atoms with Gasteiger partial charge in [0.2, 0.25) is 5.16 Å². The second kappa shape index (κ2) is 13.7. The van der Waals surface area contributed by atoms with Gasteiger partial charge in [0.1, 0.15) is 0 Å². The summed E-state index contributed by atoms with van der Waals surface area (Å²) < 4.78 is 14.8. The van der Waals surface area contributed by atoms with Crippen LogP contribution in [0.5, 0.6) is 0 Å². The molecule has 1 saturated heterocycles. The van der Waals surface area contributed by atoms with Crippen molar-refractivity contribution in [2.45, 2.75) is 50.7 Å². The van der Waals surface area contributed by atoms with Crippen molar-refractivity contribution in [2.24, 2.45) is 5.92 Å². The minimum absolute atomic E-state index is 0.0101. The number of urea groups is 1. The number of hydrogen-bond acceptors (Lipinski definition) is 8. The topological polar surface area (TPSA) is 123 Å². The molecule has 0 unspecified atom stereocenters. The highest BCUT2D eigenvalue weighted by molar-refractivity contribution is 7.99. The van der Waals surface area contributed by atoms with Gasteiger partial charge in [-0.1, -0.05) is 85.4 Å². The van der Waals surface area contributed by atoms with Gasteiger partial charge < -0.3 is 25.2 Å². The minimum Gasteiger partial charge on any atom is -0.392 e. The maximum atomic E-state index is 11.8. The summed E-state index contributed by atoms with van der Waals surface area (Å²) in [7, 11) is 0. The van der Waals surface area contributed by atoms with Crippen LogP contribution in [0.3, 0.4) is 0 Å². The van der Waals surface area contributed by atoms with Crippen LogP contribution in [-0.4, -0.2) is 49.7 Å². The van der Waals surface area contributed by atoms with E-state index in [-0.39, 0.29) is 30.8 Å². The second-order valence-corrected chi connectivity index (χ2v) is 10.8. The Labute approximate surface area is 243 Å². The molecule has 0 radical (unpaired) electrons. The number of nitrogens with zero attached hydrogens (tertiary/aromatic N) is 4. The van der Waals surface area contributed by atoms with Gasteiger partial charge in [-0.2, -0.15) is 4.68 Å². The quantitative estimate of drug-likeness (QED) is 0.236. The van der Waals surface area contributed by atoms with Gasteiger partial charge in [0.05, 0.1) is 24.5 Å². The van der Waals surface area contributed by atoms with Crippen LogP contribution in [0.1, 0.15) is 48.5 Å². The molecule has 0 aliphatic carbocycles. The van der Waals surface area contributed by atoms with Gasteiger partial charge >= 0.3 is 6.03 Å².